The molecular formula is C24H24N4O2S. The Kier molecular flexibility index (Phi) is 5.42. The highest BCUT2D eigenvalue weighted by Gasteiger charge is 2.27. The summed E-state index contributed by atoms with van der Waals surface area (Å²) in [5.41, 5.74) is 2.35. The van der Waals surface area contributed by atoms with Gasteiger partial charge in [-0.05, 0) is 37.5 Å². The Hall–Kier alpha value is -3.19. The van der Waals surface area contributed by atoms with Crippen LogP contribution in [-0.2, 0) is 11.3 Å². The second kappa shape index (κ2) is 8.51. The highest BCUT2D eigenvalue weighted by Crippen LogP contribution is 2.39. The van der Waals surface area contributed by atoms with Gasteiger partial charge < -0.3 is 14.6 Å². The van der Waals surface area contributed by atoms with Gasteiger partial charge in [-0.25, -0.2) is 9.97 Å². The number of hydrogen-bond donors (Lipinski definition) is 1. The van der Waals surface area contributed by atoms with Crippen molar-refractivity contribution in [2.45, 2.75) is 26.3 Å². The number of furan rings is 1. The summed E-state index contributed by atoms with van der Waals surface area (Å²) >= 11 is 1.66. The highest BCUT2D eigenvalue weighted by atomic mass is 32.1. The molecule has 1 saturated heterocycles. The number of hydrogen-bond acceptors (Lipinski definition) is 6. The molecule has 6 nitrogen and oxygen atoms in total. The fraction of sp³-hybridized carbons (Fsp3) is 0.292. The number of aryl methyl sites for hydroxylation is 1. The van der Waals surface area contributed by atoms with Crippen LogP contribution in [0, 0.1) is 12.8 Å². The maximum atomic E-state index is 12.6. The van der Waals surface area contributed by atoms with Gasteiger partial charge in [0.15, 0.2) is 0 Å². The number of amides is 1. The second-order valence-electron chi connectivity index (χ2n) is 7.85. The van der Waals surface area contributed by atoms with Crippen LogP contribution in [0.4, 0.5) is 5.82 Å². The van der Waals surface area contributed by atoms with E-state index in [-0.39, 0.29) is 11.8 Å². The number of carbonyl (C=O) groups is 1. The van der Waals surface area contributed by atoms with E-state index in [0.29, 0.717) is 6.54 Å². The number of nitrogens with one attached hydrogen (secondary N) is 1. The lowest BCUT2D eigenvalue weighted by Crippen LogP contribution is -2.40. The van der Waals surface area contributed by atoms with E-state index in [9.17, 15) is 4.79 Å². The first-order valence-corrected chi connectivity index (χ1v) is 11.4. The molecule has 4 aromatic rings. The van der Waals surface area contributed by atoms with Gasteiger partial charge in [0.05, 0.1) is 18.2 Å². The van der Waals surface area contributed by atoms with Gasteiger partial charge in [0, 0.05) is 30.0 Å². The molecule has 1 amide bonds. The number of carbonyl (C=O) groups excluding carboxylic acids is 1. The van der Waals surface area contributed by atoms with Crippen LogP contribution in [0.1, 0.15) is 24.4 Å². The Morgan fingerprint density at radius 3 is 2.71 bits per heavy atom. The van der Waals surface area contributed by atoms with Crippen LogP contribution in [0.25, 0.3) is 21.3 Å². The number of benzene rings is 1. The molecular weight excluding hydrogens is 408 g/mol. The van der Waals surface area contributed by atoms with Gasteiger partial charge in [0.1, 0.15) is 22.2 Å². The number of rotatable bonds is 5. The van der Waals surface area contributed by atoms with Crippen molar-refractivity contribution < 1.29 is 9.21 Å². The smallest absolute Gasteiger partial charge is 0.223 e. The highest BCUT2D eigenvalue weighted by molar-refractivity contribution is 7.17. The zero-order valence-corrected chi connectivity index (χ0v) is 18.2. The zero-order chi connectivity index (χ0) is 21.2. The van der Waals surface area contributed by atoms with E-state index in [2.05, 4.69) is 44.8 Å². The Bertz CT molecular complexity index is 1180. The monoisotopic (exact) mass is 432 g/mol. The van der Waals surface area contributed by atoms with Crippen LogP contribution >= 0.6 is 11.3 Å². The average molecular weight is 433 g/mol. The lowest BCUT2D eigenvalue weighted by molar-refractivity contribution is -0.125. The Morgan fingerprint density at radius 1 is 1.16 bits per heavy atom. The number of nitrogens with zero attached hydrogens (tertiary/aromatic N) is 3. The Balaban J connectivity index is 1.35. The summed E-state index contributed by atoms with van der Waals surface area (Å²) in [6, 6.07) is 14.1. The number of piperidine rings is 1. The topological polar surface area (TPSA) is 71.3 Å². The summed E-state index contributed by atoms with van der Waals surface area (Å²) < 4.78 is 5.30. The van der Waals surface area contributed by atoms with Crippen molar-refractivity contribution in [3.63, 3.8) is 0 Å². The van der Waals surface area contributed by atoms with Crippen molar-refractivity contribution in [3.8, 4) is 11.1 Å². The first-order valence-electron chi connectivity index (χ1n) is 10.6. The van der Waals surface area contributed by atoms with Gasteiger partial charge >= 0.3 is 0 Å². The maximum absolute atomic E-state index is 12.6. The van der Waals surface area contributed by atoms with E-state index in [1.807, 2.05) is 25.1 Å². The van der Waals surface area contributed by atoms with Crippen molar-refractivity contribution in [2.24, 2.45) is 5.92 Å². The third-order valence-corrected chi connectivity index (χ3v) is 6.67. The van der Waals surface area contributed by atoms with Crippen molar-refractivity contribution in [1.82, 2.24) is 15.3 Å². The van der Waals surface area contributed by atoms with Gasteiger partial charge in [-0.2, -0.15) is 0 Å². The van der Waals surface area contributed by atoms with Crippen molar-refractivity contribution in [3.05, 3.63) is 65.7 Å². The molecule has 0 saturated carbocycles. The van der Waals surface area contributed by atoms with E-state index in [1.54, 1.807) is 17.6 Å². The second-order valence-corrected chi connectivity index (χ2v) is 8.71. The molecule has 0 atom stereocenters. The first-order chi connectivity index (χ1) is 15.2. The summed E-state index contributed by atoms with van der Waals surface area (Å²) in [5.74, 6) is 2.65. The van der Waals surface area contributed by atoms with Crippen molar-refractivity contribution >= 4 is 33.3 Å². The molecule has 3 aromatic heterocycles. The molecule has 5 rings (SSSR count). The minimum atomic E-state index is 0.0145. The molecule has 1 fully saturated rings. The van der Waals surface area contributed by atoms with Crippen LogP contribution in [0.5, 0.6) is 0 Å². The van der Waals surface area contributed by atoms with Gasteiger partial charge in [-0.1, -0.05) is 30.3 Å². The molecule has 158 valence electrons. The predicted octanol–water partition coefficient (Wildman–Crippen LogP) is 4.79. The van der Waals surface area contributed by atoms with Crippen LogP contribution in [0.15, 0.2) is 58.5 Å². The van der Waals surface area contributed by atoms with E-state index < -0.39 is 0 Å². The molecule has 31 heavy (non-hydrogen) atoms. The fourth-order valence-corrected chi connectivity index (χ4v) is 5.16. The molecule has 0 radical (unpaired) electrons. The standard InChI is InChI=1S/C24H24N4O2S/c1-16-26-22(21-20(15-31-24(21)27-16)17-6-3-2-4-7-17)28-11-9-18(10-12-28)23(29)25-14-19-8-5-13-30-19/h2-8,13,15,18H,9-12,14H2,1H3,(H,25,29). The number of anilines is 1. The third-order valence-electron chi connectivity index (χ3n) is 5.79. The summed E-state index contributed by atoms with van der Waals surface area (Å²) in [4.78, 5) is 25.4. The van der Waals surface area contributed by atoms with Crippen LogP contribution in [-0.4, -0.2) is 29.0 Å². The van der Waals surface area contributed by atoms with Crippen molar-refractivity contribution in [1.29, 1.82) is 0 Å². The first kappa shape index (κ1) is 19.8. The fourth-order valence-electron chi connectivity index (χ4n) is 4.17. The third kappa shape index (κ3) is 4.05. The van der Waals surface area contributed by atoms with Gasteiger partial charge in [0.25, 0.3) is 0 Å². The minimum absolute atomic E-state index is 0.0145. The summed E-state index contributed by atoms with van der Waals surface area (Å²) in [7, 11) is 0. The van der Waals surface area contributed by atoms with Crippen molar-refractivity contribution in [2.75, 3.05) is 18.0 Å². The van der Waals surface area contributed by atoms with E-state index >= 15 is 0 Å². The number of fused-ring (bicyclic) bond motifs is 1. The molecule has 1 N–H and O–H groups in total. The quantitative estimate of drug-likeness (QED) is 0.491. The zero-order valence-electron chi connectivity index (χ0n) is 17.4. The molecule has 4 heterocycles. The summed E-state index contributed by atoms with van der Waals surface area (Å²) in [6.45, 7) is 3.98. The number of aromatic nitrogens is 2. The predicted molar refractivity (Wildman–Crippen MR) is 123 cm³/mol. The molecule has 1 aromatic carbocycles. The minimum Gasteiger partial charge on any atom is -0.467 e. The van der Waals surface area contributed by atoms with Crippen LogP contribution in [0.2, 0.25) is 0 Å². The van der Waals surface area contributed by atoms with Gasteiger partial charge in [-0.3, -0.25) is 4.79 Å². The van der Waals surface area contributed by atoms with Crippen LogP contribution in [0.3, 0.4) is 0 Å². The van der Waals surface area contributed by atoms with E-state index in [4.69, 9.17) is 9.40 Å². The molecule has 7 heteroatoms. The normalized spacial score (nSPS) is 14.8. The van der Waals surface area contributed by atoms with E-state index in [1.165, 1.54) is 11.1 Å². The molecule has 1 aliphatic rings. The van der Waals surface area contributed by atoms with Gasteiger partial charge in [0.2, 0.25) is 5.91 Å². The SMILES string of the molecule is Cc1nc(N2CCC(C(=O)NCc3ccco3)CC2)c2c(-c3ccccc3)csc2n1. The Morgan fingerprint density at radius 2 is 1.97 bits per heavy atom. The van der Waals surface area contributed by atoms with Crippen LogP contribution < -0.4 is 10.2 Å². The van der Waals surface area contributed by atoms with E-state index in [0.717, 1.165) is 53.6 Å². The largest absolute Gasteiger partial charge is 0.467 e. The summed E-state index contributed by atoms with van der Waals surface area (Å²) in [5, 5.41) is 6.29. The molecule has 0 bridgehead atoms. The van der Waals surface area contributed by atoms with Gasteiger partial charge in [-0.15, -0.1) is 11.3 Å². The Labute approximate surface area is 184 Å². The lowest BCUT2D eigenvalue weighted by Gasteiger charge is -2.32. The number of thiophene rings is 1. The average Bonchev–Trinajstić information content (AvgIpc) is 3.47. The molecule has 0 spiro atoms. The molecule has 1 aliphatic heterocycles. The molecule has 0 aliphatic carbocycles. The molecule has 0 unspecified atom stereocenters. The lowest BCUT2D eigenvalue weighted by atomic mass is 9.95. The maximum Gasteiger partial charge on any atom is 0.223 e. The summed E-state index contributed by atoms with van der Waals surface area (Å²) in [6.07, 6.45) is 3.23.